The molecule has 0 unspecified atom stereocenters. The van der Waals surface area contributed by atoms with Gasteiger partial charge in [-0.25, -0.2) is 0 Å². The molecule has 0 N–H and O–H groups in total. The summed E-state index contributed by atoms with van der Waals surface area (Å²) in [6.45, 7) is 8.39. The summed E-state index contributed by atoms with van der Waals surface area (Å²) in [5.41, 5.74) is 19.4. The number of hydrogen-bond donors (Lipinski definition) is 0. The van der Waals surface area contributed by atoms with Crippen LogP contribution in [0.1, 0.15) is 49.9 Å². The van der Waals surface area contributed by atoms with Crippen molar-refractivity contribution in [2.24, 2.45) is 0 Å². The zero-order valence-electron chi connectivity index (χ0n) is 46.6. The van der Waals surface area contributed by atoms with Crippen LogP contribution in [0.2, 0.25) is 0 Å². The maximum Gasteiger partial charge on any atom is 0.494 e. The number of fused-ring (bicyclic) bond motifs is 3. The third-order valence-corrected chi connectivity index (χ3v) is 16.2. The molecule has 82 heavy (non-hydrogen) atoms. The highest BCUT2D eigenvalue weighted by atomic mass is 16.7. The van der Waals surface area contributed by atoms with E-state index in [0.717, 1.165) is 101 Å². The quantitative estimate of drug-likeness (QED) is 0.0802. The van der Waals surface area contributed by atoms with Gasteiger partial charge < -0.3 is 23.7 Å². The minimum Gasteiger partial charge on any atom is -0.399 e. The van der Waals surface area contributed by atoms with Gasteiger partial charge in [-0.3, -0.25) is 0 Å². The molecule has 0 aliphatic carbocycles. The second kappa shape index (κ2) is 22.1. The lowest BCUT2D eigenvalue weighted by Crippen LogP contribution is -2.41. The molecule has 1 aromatic heterocycles. The van der Waals surface area contributed by atoms with Crippen LogP contribution in [-0.4, -0.2) is 22.9 Å². The summed E-state index contributed by atoms with van der Waals surface area (Å²) in [4.78, 5) is 4.57. The van der Waals surface area contributed by atoms with Gasteiger partial charge in [0.05, 0.1) is 22.2 Å². The maximum atomic E-state index is 6.45. The molecule has 2 heterocycles. The van der Waals surface area contributed by atoms with Crippen LogP contribution in [-0.2, 0) is 9.31 Å². The van der Waals surface area contributed by atoms with Crippen molar-refractivity contribution in [3.63, 3.8) is 0 Å². The molecule has 0 spiro atoms. The van der Waals surface area contributed by atoms with Crippen molar-refractivity contribution in [1.82, 2.24) is 4.57 Å². The van der Waals surface area contributed by atoms with E-state index in [2.05, 4.69) is 345 Å². The van der Waals surface area contributed by atoms with Crippen molar-refractivity contribution >= 4 is 92.8 Å². The van der Waals surface area contributed by atoms with Gasteiger partial charge in [-0.05, 0) is 187 Å². The molecule has 0 atom stereocenters. The number of aromatic nitrogens is 1. The topological polar surface area (TPSA) is 29.9 Å². The van der Waals surface area contributed by atoms with Gasteiger partial charge in [0.15, 0.2) is 0 Å². The Morgan fingerprint density at radius 2 is 0.610 bits per heavy atom. The average molecular weight is 1060 g/mol. The monoisotopic (exact) mass is 1060 g/mol. The molecule has 1 aliphatic rings. The van der Waals surface area contributed by atoms with Gasteiger partial charge >= 0.3 is 7.12 Å². The summed E-state index contributed by atoms with van der Waals surface area (Å²) >= 11 is 0. The smallest absolute Gasteiger partial charge is 0.399 e. The van der Waals surface area contributed by atoms with E-state index in [-0.39, 0.29) is 0 Å². The molecule has 1 fully saturated rings. The molecule has 0 bridgehead atoms. The number of para-hydroxylation sites is 4. The van der Waals surface area contributed by atoms with Crippen molar-refractivity contribution in [3.05, 3.63) is 301 Å². The van der Waals surface area contributed by atoms with Crippen LogP contribution in [0.25, 0.3) is 74.1 Å². The van der Waals surface area contributed by atoms with Gasteiger partial charge in [-0.15, -0.1) is 0 Å². The number of hydrogen-bond acceptors (Lipinski definition) is 4. The van der Waals surface area contributed by atoms with Crippen LogP contribution < -0.4 is 15.3 Å². The summed E-state index contributed by atoms with van der Waals surface area (Å²) in [7, 11) is -0.433. The van der Waals surface area contributed by atoms with E-state index in [9.17, 15) is 0 Å². The van der Waals surface area contributed by atoms with Crippen molar-refractivity contribution in [3.8, 4) is 27.9 Å². The molecule has 0 radical (unpaired) electrons. The van der Waals surface area contributed by atoms with Gasteiger partial charge in [0.25, 0.3) is 0 Å². The molecule has 6 heteroatoms. The van der Waals surface area contributed by atoms with Crippen LogP contribution in [0.4, 0.5) is 34.1 Å². The summed E-state index contributed by atoms with van der Waals surface area (Å²) < 4.78 is 15.3. The Labute approximate surface area is 482 Å². The number of benzene rings is 11. The Morgan fingerprint density at radius 3 is 0.939 bits per heavy atom. The average Bonchev–Trinajstić information content (AvgIpc) is 4.09. The van der Waals surface area contributed by atoms with E-state index in [4.69, 9.17) is 9.31 Å². The Bertz CT molecular complexity index is 3880. The largest absolute Gasteiger partial charge is 0.494 e. The zero-order valence-corrected chi connectivity index (χ0v) is 46.6. The van der Waals surface area contributed by atoms with Gasteiger partial charge in [0.2, 0.25) is 0 Å². The standard InChI is InChI=1S/C76H62BN3O2/c1-75(2)76(3,4)82-77(81-75)63-43-49-70(50-44-63)80-73-51-41-61(59-37-29-55(30-38-59)25-27-57-33-45-68(46-34-57)78(64-17-9-5-10-18-64)65-19-11-6-12-20-65)53-71(73)72-54-62(42-52-74(72)80)60-39-31-56(32-40-60)26-28-58-35-47-69(48-36-58)79(66-21-13-7-14-22-66)67-23-15-8-16-24-67/h5-54H,1-4H3/b27-25+,28-26+. The predicted molar refractivity (Wildman–Crippen MR) is 347 cm³/mol. The lowest BCUT2D eigenvalue weighted by Gasteiger charge is -2.32. The second-order valence-corrected chi connectivity index (χ2v) is 22.1. The highest BCUT2D eigenvalue weighted by molar-refractivity contribution is 6.62. The molecule has 0 amide bonds. The SMILES string of the molecule is CC1(C)OB(c2ccc(-n3c4ccc(-c5ccc(/C=C/c6ccc(N(c7ccccc7)c7ccccc7)cc6)cc5)cc4c4cc(-c5ccc(/C=C/c6ccc(N(c7ccccc7)c7ccccc7)cc6)cc5)ccc43)cc2)OC1(C)C. The molecule has 11 aromatic carbocycles. The van der Waals surface area contributed by atoms with Crippen LogP contribution in [0, 0.1) is 0 Å². The highest BCUT2D eigenvalue weighted by Gasteiger charge is 2.51. The molecular formula is C76H62BN3O2. The van der Waals surface area contributed by atoms with E-state index in [1.807, 2.05) is 0 Å². The van der Waals surface area contributed by atoms with Crippen LogP contribution in [0.15, 0.2) is 279 Å². The van der Waals surface area contributed by atoms with Crippen molar-refractivity contribution in [1.29, 1.82) is 0 Å². The van der Waals surface area contributed by atoms with Gasteiger partial charge in [-0.1, -0.05) is 194 Å². The van der Waals surface area contributed by atoms with Crippen LogP contribution in [0.3, 0.4) is 0 Å². The minimum atomic E-state index is -0.433. The fourth-order valence-corrected chi connectivity index (χ4v) is 11.1. The predicted octanol–water partition coefficient (Wildman–Crippen LogP) is 19.7. The Morgan fingerprint density at radius 1 is 0.317 bits per heavy atom. The highest BCUT2D eigenvalue weighted by Crippen LogP contribution is 2.41. The van der Waals surface area contributed by atoms with Crippen molar-refractivity contribution < 1.29 is 9.31 Å². The van der Waals surface area contributed by atoms with Crippen molar-refractivity contribution in [2.45, 2.75) is 38.9 Å². The zero-order chi connectivity index (χ0) is 55.6. The van der Waals surface area contributed by atoms with Gasteiger partial charge in [-0.2, -0.15) is 0 Å². The molecule has 5 nitrogen and oxygen atoms in total. The second-order valence-electron chi connectivity index (χ2n) is 22.1. The van der Waals surface area contributed by atoms with E-state index in [1.165, 1.54) is 10.8 Å². The molecule has 1 saturated heterocycles. The van der Waals surface area contributed by atoms with E-state index in [1.54, 1.807) is 0 Å². The Hall–Kier alpha value is -9.72. The van der Waals surface area contributed by atoms with E-state index >= 15 is 0 Å². The molecule has 396 valence electrons. The molecule has 12 aromatic rings. The Balaban J connectivity index is 0.776. The Kier molecular flexibility index (Phi) is 13.9. The van der Waals surface area contributed by atoms with E-state index in [0.29, 0.717) is 0 Å². The van der Waals surface area contributed by atoms with Crippen LogP contribution >= 0.6 is 0 Å². The number of nitrogens with zero attached hydrogens (tertiary/aromatic N) is 3. The van der Waals surface area contributed by atoms with Crippen LogP contribution in [0.5, 0.6) is 0 Å². The number of anilines is 6. The molecule has 13 rings (SSSR count). The first kappa shape index (κ1) is 51.7. The lowest BCUT2D eigenvalue weighted by atomic mass is 9.79. The van der Waals surface area contributed by atoms with Gasteiger partial charge in [0, 0.05) is 50.6 Å². The lowest BCUT2D eigenvalue weighted by molar-refractivity contribution is 0.00578. The summed E-state index contributed by atoms with van der Waals surface area (Å²) in [5, 5.41) is 2.38. The number of rotatable bonds is 14. The minimum absolute atomic E-state index is 0.419. The summed E-state index contributed by atoms with van der Waals surface area (Å²) in [6.07, 6.45) is 8.75. The fourth-order valence-electron chi connectivity index (χ4n) is 11.1. The summed E-state index contributed by atoms with van der Waals surface area (Å²) in [5.74, 6) is 0. The first-order chi connectivity index (χ1) is 40.1. The van der Waals surface area contributed by atoms with E-state index < -0.39 is 18.3 Å². The summed E-state index contributed by atoms with van der Waals surface area (Å²) in [6, 6.07) is 99.8. The normalized spacial score (nSPS) is 13.8. The van der Waals surface area contributed by atoms with Gasteiger partial charge in [0.1, 0.15) is 0 Å². The first-order valence-electron chi connectivity index (χ1n) is 28.2. The first-order valence-corrected chi connectivity index (χ1v) is 28.2. The molecule has 1 aliphatic heterocycles. The third-order valence-electron chi connectivity index (χ3n) is 16.2. The van der Waals surface area contributed by atoms with Crippen molar-refractivity contribution in [2.75, 3.05) is 9.80 Å². The molecular weight excluding hydrogens is 998 g/mol. The maximum absolute atomic E-state index is 6.45. The molecule has 0 saturated carbocycles. The fraction of sp³-hybridized carbons (Fsp3) is 0.0789. The third kappa shape index (κ3) is 10.5.